The normalized spacial score (nSPS) is 20.2. The molecule has 1 aliphatic rings. The van der Waals surface area contributed by atoms with E-state index >= 15 is 0 Å². The molecule has 0 radical (unpaired) electrons. The van der Waals surface area contributed by atoms with Gasteiger partial charge in [0.15, 0.2) is 0 Å². The van der Waals surface area contributed by atoms with Gasteiger partial charge in [-0.05, 0) is 36.1 Å². The van der Waals surface area contributed by atoms with Crippen LogP contribution < -0.4 is 4.74 Å². The van der Waals surface area contributed by atoms with E-state index in [1.165, 1.54) is 0 Å². The van der Waals surface area contributed by atoms with Gasteiger partial charge in [-0.1, -0.05) is 18.7 Å². The average Bonchev–Trinajstić information content (AvgIpc) is 2.82. The van der Waals surface area contributed by atoms with Gasteiger partial charge in [0.05, 0.1) is 13.2 Å². The Kier molecular flexibility index (Phi) is 3.07. The summed E-state index contributed by atoms with van der Waals surface area (Å²) in [5.41, 5.74) is 2.22. The summed E-state index contributed by atoms with van der Waals surface area (Å²) < 4.78 is 10.7. The smallest absolute Gasteiger partial charge is 0.118 e. The lowest BCUT2D eigenvalue weighted by Gasteiger charge is -2.13. The topological polar surface area (TPSA) is 18.5 Å². The minimum atomic E-state index is 0.207. The molecular weight excluding hydrogens is 188 g/mol. The van der Waals surface area contributed by atoms with E-state index in [1.54, 1.807) is 7.11 Å². The summed E-state index contributed by atoms with van der Waals surface area (Å²) in [5.74, 6) is 0.874. The molecule has 1 aromatic carbocycles. The number of hydrogen-bond acceptors (Lipinski definition) is 2. The van der Waals surface area contributed by atoms with Crippen molar-refractivity contribution in [3.8, 4) is 5.75 Å². The molecule has 80 valence electrons. The predicted octanol–water partition coefficient (Wildman–Crippen LogP) is 2.89. The molecule has 1 heterocycles. The van der Waals surface area contributed by atoms with Crippen LogP contribution in [-0.4, -0.2) is 19.8 Å². The molecule has 1 aromatic rings. The molecule has 1 unspecified atom stereocenters. The van der Waals surface area contributed by atoms with Crippen molar-refractivity contribution in [3.63, 3.8) is 0 Å². The Bertz CT molecular complexity index is 334. The molecule has 1 atom stereocenters. The SMILES string of the molecule is C=C(c1ccc(OC)cc1)C1CCCO1. The summed E-state index contributed by atoms with van der Waals surface area (Å²) >= 11 is 0. The fraction of sp³-hybridized carbons (Fsp3) is 0.385. The number of methoxy groups -OCH3 is 1. The van der Waals surface area contributed by atoms with Crippen molar-refractivity contribution in [1.82, 2.24) is 0 Å². The second kappa shape index (κ2) is 4.49. The lowest BCUT2D eigenvalue weighted by atomic mass is 10.0. The van der Waals surface area contributed by atoms with Crippen molar-refractivity contribution in [2.24, 2.45) is 0 Å². The number of rotatable bonds is 3. The van der Waals surface area contributed by atoms with E-state index in [0.29, 0.717) is 0 Å². The number of hydrogen-bond donors (Lipinski definition) is 0. The maximum absolute atomic E-state index is 5.59. The predicted molar refractivity (Wildman–Crippen MR) is 61.0 cm³/mol. The zero-order valence-corrected chi connectivity index (χ0v) is 9.03. The van der Waals surface area contributed by atoms with Crippen LogP contribution in [0, 0.1) is 0 Å². The first-order valence-corrected chi connectivity index (χ1v) is 5.26. The highest BCUT2D eigenvalue weighted by Gasteiger charge is 2.19. The quantitative estimate of drug-likeness (QED) is 0.753. The monoisotopic (exact) mass is 204 g/mol. The second-order valence-corrected chi connectivity index (χ2v) is 3.76. The van der Waals surface area contributed by atoms with Crippen LogP contribution in [0.25, 0.3) is 5.57 Å². The molecule has 0 N–H and O–H groups in total. The van der Waals surface area contributed by atoms with E-state index in [4.69, 9.17) is 9.47 Å². The molecule has 0 aromatic heterocycles. The molecule has 0 saturated carbocycles. The maximum Gasteiger partial charge on any atom is 0.118 e. The molecule has 0 spiro atoms. The molecule has 2 nitrogen and oxygen atoms in total. The Morgan fingerprint density at radius 1 is 1.40 bits per heavy atom. The van der Waals surface area contributed by atoms with Crippen molar-refractivity contribution in [2.75, 3.05) is 13.7 Å². The highest BCUT2D eigenvalue weighted by molar-refractivity contribution is 5.67. The fourth-order valence-corrected chi connectivity index (χ4v) is 1.84. The van der Waals surface area contributed by atoms with E-state index in [2.05, 4.69) is 6.58 Å². The maximum atomic E-state index is 5.59. The molecule has 0 amide bonds. The van der Waals surface area contributed by atoms with Gasteiger partial charge in [0.2, 0.25) is 0 Å². The van der Waals surface area contributed by atoms with Crippen LogP contribution in [0.2, 0.25) is 0 Å². The Morgan fingerprint density at radius 2 is 2.13 bits per heavy atom. The Hall–Kier alpha value is -1.28. The summed E-state index contributed by atoms with van der Waals surface area (Å²) in [5, 5.41) is 0. The van der Waals surface area contributed by atoms with Crippen LogP contribution in [0.15, 0.2) is 30.8 Å². The third-order valence-electron chi connectivity index (χ3n) is 2.78. The molecule has 1 aliphatic heterocycles. The fourth-order valence-electron chi connectivity index (χ4n) is 1.84. The van der Waals surface area contributed by atoms with Gasteiger partial charge in [0.25, 0.3) is 0 Å². The van der Waals surface area contributed by atoms with Crippen LogP contribution in [0.3, 0.4) is 0 Å². The zero-order valence-electron chi connectivity index (χ0n) is 9.03. The molecule has 1 fully saturated rings. The molecule has 15 heavy (non-hydrogen) atoms. The Balaban J connectivity index is 2.11. The van der Waals surface area contributed by atoms with E-state index in [1.807, 2.05) is 24.3 Å². The van der Waals surface area contributed by atoms with Gasteiger partial charge >= 0.3 is 0 Å². The minimum Gasteiger partial charge on any atom is -0.497 e. The third kappa shape index (κ3) is 2.21. The molecular formula is C13H16O2. The summed E-state index contributed by atoms with van der Waals surface area (Å²) in [6, 6.07) is 7.97. The van der Waals surface area contributed by atoms with Gasteiger partial charge in [0, 0.05) is 6.61 Å². The Labute approximate surface area is 90.5 Å². The van der Waals surface area contributed by atoms with Gasteiger partial charge in [-0.15, -0.1) is 0 Å². The molecule has 1 saturated heterocycles. The summed E-state index contributed by atoms with van der Waals surface area (Å²) in [6.07, 6.45) is 2.43. The van der Waals surface area contributed by atoms with Gasteiger partial charge < -0.3 is 9.47 Å². The van der Waals surface area contributed by atoms with Gasteiger partial charge in [-0.2, -0.15) is 0 Å². The highest BCUT2D eigenvalue weighted by Crippen LogP contribution is 2.27. The summed E-state index contributed by atoms with van der Waals surface area (Å²) in [7, 11) is 1.67. The first-order chi connectivity index (χ1) is 7.31. The largest absolute Gasteiger partial charge is 0.497 e. The van der Waals surface area contributed by atoms with Crippen LogP contribution >= 0.6 is 0 Å². The van der Waals surface area contributed by atoms with Crippen molar-refractivity contribution < 1.29 is 9.47 Å². The third-order valence-corrected chi connectivity index (χ3v) is 2.78. The Morgan fingerprint density at radius 3 is 2.67 bits per heavy atom. The summed E-state index contributed by atoms with van der Waals surface area (Å²) in [6.45, 7) is 4.96. The first-order valence-electron chi connectivity index (χ1n) is 5.26. The van der Waals surface area contributed by atoms with Crippen molar-refractivity contribution >= 4 is 5.57 Å². The minimum absolute atomic E-state index is 0.207. The number of benzene rings is 1. The van der Waals surface area contributed by atoms with E-state index in [0.717, 1.165) is 36.3 Å². The van der Waals surface area contributed by atoms with Crippen molar-refractivity contribution in [3.05, 3.63) is 36.4 Å². The zero-order chi connectivity index (χ0) is 10.7. The lowest BCUT2D eigenvalue weighted by Crippen LogP contribution is -2.06. The van der Waals surface area contributed by atoms with Gasteiger partial charge in [0.1, 0.15) is 5.75 Å². The first kappa shape index (κ1) is 10.2. The van der Waals surface area contributed by atoms with Crippen molar-refractivity contribution in [2.45, 2.75) is 18.9 Å². The molecule has 0 aliphatic carbocycles. The van der Waals surface area contributed by atoms with Crippen LogP contribution in [0.4, 0.5) is 0 Å². The molecule has 2 rings (SSSR count). The average molecular weight is 204 g/mol. The highest BCUT2D eigenvalue weighted by atomic mass is 16.5. The van der Waals surface area contributed by atoms with Crippen LogP contribution in [-0.2, 0) is 4.74 Å². The van der Waals surface area contributed by atoms with Crippen LogP contribution in [0.5, 0.6) is 5.75 Å². The van der Waals surface area contributed by atoms with E-state index in [-0.39, 0.29) is 6.10 Å². The lowest BCUT2D eigenvalue weighted by molar-refractivity contribution is 0.152. The standard InChI is InChI=1S/C13H16O2/c1-10(13-4-3-9-15-13)11-5-7-12(14-2)8-6-11/h5-8,13H,1,3-4,9H2,2H3. The summed E-state index contributed by atoms with van der Waals surface area (Å²) in [4.78, 5) is 0. The molecule has 0 bridgehead atoms. The van der Waals surface area contributed by atoms with Crippen LogP contribution in [0.1, 0.15) is 18.4 Å². The van der Waals surface area contributed by atoms with Gasteiger partial charge in [-0.25, -0.2) is 0 Å². The molecule has 2 heteroatoms. The van der Waals surface area contributed by atoms with Crippen molar-refractivity contribution in [1.29, 1.82) is 0 Å². The van der Waals surface area contributed by atoms with E-state index in [9.17, 15) is 0 Å². The van der Waals surface area contributed by atoms with E-state index < -0.39 is 0 Å². The second-order valence-electron chi connectivity index (χ2n) is 3.76. The van der Waals surface area contributed by atoms with Gasteiger partial charge in [-0.3, -0.25) is 0 Å². The number of ether oxygens (including phenoxy) is 2.